The third-order valence-corrected chi connectivity index (χ3v) is 4.60. The summed E-state index contributed by atoms with van der Waals surface area (Å²) in [7, 11) is 0. The lowest BCUT2D eigenvalue weighted by Gasteiger charge is -2.06. The maximum atomic E-state index is 13.4. The van der Waals surface area contributed by atoms with E-state index in [1.807, 2.05) is 24.3 Å². The molecule has 0 fully saturated rings. The van der Waals surface area contributed by atoms with Crippen LogP contribution in [-0.2, 0) is 5.75 Å². The van der Waals surface area contributed by atoms with Crippen LogP contribution in [0, 0.1) is 5.82 Å². The molecule has 0 bridgehead atoms. The number of hydrogen-bond donors (Lipinski definition) is 0. The van der Waals surface area contributed by atoms with E-state index in [4.69, 9.17) is 0 Å². The summed E-state index contributed by atoms with van der Waals surface area (Å²) in [6.45, 7) is 1.55. The van der Waals surface area contributed by atoms with Crippen molar-refractivity contribution in [1.29, 1.82) is 0 Å². The quantitative estimate of drug-likeness (QED) is 0.571. The van der Waals surface area contributed by atoms with Crippen molar-refractivity contribution in [1.82, 2.24) is 0 Å². The Morgan fingerprint density at radius 3 is 2.74 bits per heavy atom. The maximum absolute atomic E-state index is 13.4. The summed E-state index contributed by atoms with van der Waals surface area (Å²) in [5, 5.41) is 0. The van der Waals surface area contributed by atoms with E-state index in [0.717, 1.165) is 10.5 Å². The molecule has 4 heteroatoms. The minimum atomic E-state index is -0.254. The molecular formula is C15H12BrFOS. The molecule has 0 unspecified atom stereocenters. The van der Waals surface area contributed by atoms with Gasteiger partial charge in [-0.15, -0.1) is 11.8 Å². The minimum Gasteiger partial charge on any atom is -0.295 e. The first-order valence-corrected chi connectivity index (χ1v) is 7.52. The van der Waals surface area contributed by atoms with Gasteiger partial charge in [-0.1, -0.05) is 24.3 Å². The first kappa shape index (κ1) is 14.3. The number of benzene rings is 2. The van der Waals surface area contributed by atoms with E-state index in [1.54, 1.807) is 30.8 Å². The summed E-state index contributed by atoms with van der Waals surface area (Å²) in [5.41, 5.74) is 1.60. The normalized spacial score (nSPS) is 10.5. The zero-order valence-corrected chi connectivity index (χ0v) is 12.7. The Morgan fingerprint density at radius 2 is 2.00 bits per heavy atom. The summed E-state index contributed by atoms with van der Waals surface area (Å²) in [6.07, 6.45) is 0. The van der Waals surface area contributed by atoms with Gasteiger partial charge in [-0.3, -0.25) is 4.79 Å². The molecule has 0 aromatic heterocycles. The van der Waals surface area contributed by atoms with Gasteiger partial charge in [0, 0.05) is 16.2 Å². The Balaban J connectivity index is 2.12. The molecule has 0 aliphatic heterocycles. The van der Waals surface area contributed by atoms with Gasteiger partial charge in [0.15, 0.2) is 5.78 Å². The van der Waals surface area contributed by atoms with E-state index in [9.17, 15) is 9.18 Å². The van der Waals surface area contributed by atoms with Crippen molar-refractivity contribution in [3.63, 3.8) is 0 Å². The van der Waals surface area contributed by atoms with E-state index in [2.05, 4.69) is 15.9 Å². The van der Waals surface area contributed by atoms with E-state index < -0.39 is 0 Å². The highest BCUT2D eigenvalue weighted by molar-refractivity contribution is 9.10. The Bertz CT molecular complexity index is 613. The molecule has 19 heavy (non-hydrogen) atoms. The molecule has 98 valence electrons. The SMILES string of the molecule is CC(=O)c1cccc(SCc2cccc(F)c2Br)c1. The summed E-state index contributed by atoms with van der Waals surface area (Å²) in [6, 6.07) is 12.5. The molecule has 0 spiro atoms. The van der Waals surface area contributed by atoms with E-state index in [0.29, 0.717) is 15.8 Å². The Hall–Kier alpha value is -1.13. The molecule has 0 saturated carbocycles. The van der Waals surface area contributed by atoms with Crippen LogP contribution in [0.2, 0.25) is 0 Å². The number of hydrogen-bond acceptors (Lipinski definition) is 2. The highest BCUT2D eigenvalue weighted by Gasteiger charge is 2.06. The number of carbonyl (C=O) groups excluding carboxylic acids is 1. The molecular weight excluding hydrogens is 327 g/mol. The van der Waals surface area contributed by atoms with Crippen LogP contribution < -0.4 is 0 Å². The highest BCUT2D eigenvalue weighted by atomic mass is 79.9. The van der Waals surface area contributed by atoms with Crippen molar-refractivity contribution in [3.05, 3.63) is 63.9 Å². The van der Waals surface area contributed by atoms with Gasteiger partial charge >= 0.3 is 0 Å². The third kappa shape index (κ3) is 3.67. The molecule has 0 radical (unpaired) electrons. The van der Waals surface area contributed by atoms with Crippen molar-refractivity contribution in [3.8, 4) is 0 Å². The molecule has 2 rings (SSSR count). The van der Waals surface area contributed by atoms with Gasteiger partial charge in [0.2, 0.25) is 0 Å². The van der Waals surface area contributed by atoms with Gasteiger partial charge < -0.3 is 0 Å². The molecule has 0 saturated heterocycles. The van der Waals surface area contributed by atoms with Gasteiger partial charge in [-0.25, -0.2) is 4.39 Å². The predicted octanol–water partition coefficient (Wildman–Crippen LogP) is 5.08. The second kappa shape index (κ2) is 6.35. The van der Waals surface area contributed by atoms with Crippen molar-refractivity contribution in [2.45, 2.75) is 17.6 Å². The fourth-order valence-electron chi connectivity index (χ4n) is 1.63. The number of thioether (sulfide) groups is 1. The monoisotopic (exact) mass is 338 g/mol. The molecule has 0 aliphatic rings. The van der Waals surface area contributed by atoms with Crippen LogP contribution in [0.1, 0.15) is 22.8 Å². The molecule has 1 nitrogen and oxygen atoms in total. The Morgan fingerprint density at radius 1 is 1.26 bits per heavy atom. The third-order valence-electron chi connectivity index (χ3n) is 2.67. The van der Waals surface area contributed by atoms with Crippen molar-refractivity contribution >= 4 is 33.5 Å². The standard InChI is InChI=1S/C15H12BrFOS/c1-10(18)11-4-2-6-13(8-11)19-9-12-5-3-7-14(17)15(12)16/h2-8H,9H2,1H3. The van der Waals surface area contributed by atoms with Crippen LogP contribution in [0.15, 0.2) is 51.8 Å². The van der Waals surface area contributed by atoms with Crippen LogP contribution in [0.5, 0.6) is 0 Å². The molecule has 0 atom stereocenters. The lowest BCUT2D eigenvalue weighted by Crippen LogP contribution is -1.91. The summed E-state index contributed by atoms with van der Waals surface area (Å²) in [5.74, 6) is 0.449. The molecule has 0 heterocycles. The minimum absolute atomic E-state index is 0.0504. The second-order valence-corrected chi connectivity index (χ2v) is 5.93. The lowest BCUT2D eigenvalue weighted by atomic mass is 10.2. The van der Waals surface area contributed by atoms with Crippen molar-refractivity contribution in [2.75, 3.05) is 0 Å². The number of carbonyl (C=O) groups is 1. The number of halogens is 2. The van der Waals surface area contributed by atoms with Gasteiger partial charge in [-0.05, 0) is 46.6 Å². The molecule has 2 aromatic rings. The summed E-state index contributed by atoms with van der Waals surface area (Å²) >= 11 is 4.83. The van der Waals surface area contributed by atoms with Gasteiger partial charge in [0.05, 0.1) is 4.47 Å². The van der Waals surface area contributed by atoms with Crippen LogP contribution in [-0.4, -0.2) is 5.78 Å². The molecule has 0 amide bonds. The smallest absolute Gasteiger partial charge is 0.159 e. The fraction of sp³-hybridized carbons (Fsp3) is 0.133. The van der Waals surface area contributed by atoms with E-state index >= 15 is 0 Å². The molecule has 2 aromatic carbocycles. The highest BCUT2D eigenvalue weighted by Crippen LogP contribution is 2.28. The van der Waals surface area contributed by atoms with E-state index in [-0.39, 0.29) is 11.6 Å². The summed E-state index contributed by atoms with van der Waals surface area (Å²) in [4.78, 5) is 12.3. The second-order valence-electron chi connectivity index (χ2n) is 4.09. The summed E-state index contributed by atoms with van der Waals surface area (Å²) < 4.78 is 13.9. The average Bonchev–Trinajstić information content (AvgIpc) is 2.41. The fourth-order valence-corrected chi connectivity index (χ4v) is 3.16. The van der Waals surface area contributed by atoms with Crippen molar-refractivity contribution in [2.24, 2.45) is 0 Å². The topological polar surface area (TPSA) is 17.1 Å². The zero-order valence-electron chi connectivity index (χ0n) is 10.3. The van der Waals surface area contributed by atoms with Gasteiger partial charge in [-0.2, -0.15) is 0 Å². The average molecular weight is 339 g/mol. The van der Waals surface area contributed by atoms with Crippen LogP contribution >= 0.6 is 27.7 Å². The van der Waals surface area contributed by atoms with Crippen molar-refractivity contribution < 1.29 is 9.18 Å². The van der Waals surface area contributed by atoms with Gasteiger partial charge in [0.25, 0.3) is 0 Å². The maximum Gasteiger partial charge on any atom is 0.159 e. The molecule has 0 aliphatic carbocycles. The van der Waals surface area contributed by atoms with Gasteiger partial charge in [0.1, 0.15) is 5.82 Å². The van der Waals surface area contributed by atoms with E-state index in [1.165, 1.54) is 6.07 Å². The Kier molecular flexibility index (Phi) is 4.77. The molecule has 0 N–H and O–H groups in total. The number of ketones is 1. The number of rotatable bonds is 4. The lowest BCUT2D eigenvalue weighted by molar-refractivity contribution is 0.101. The first-order valence-electron chi connectivity index (χ1n) is 5.74. The number of Topliss-reactive ketones (excluding diaryl/α,β-unsaturated/α-hetero) is 1. The van der Waals surface area contributed by atoms with Crippen LogP contribution in [0.25, 0.3) is 0 Å². The van der Waals surface area contributed by atoms with Crippen LogP contribution in [0.3, 0.4) is 0 Å². The Labute approximate surface area is 124 Å². The van der Waals surface area contributed by atoms with Crippen LogP contribution in [0.4, 0.5) is 4.39 Å². The first-order chi connectivity index (χ1) is 9.08. The largest absolute Gasteiger partial charge is 0.295 e. The predicted molar refractivity (Wildman–Crippen MR) is 80.1 cm³/mol. The zero-order chi connectivity index (χ0) is 13.8.